The van der Waals surface area contributed by atoms with Crippen LogP contribution < -0.4 is 10.1 Å². The SMILES string of the molecule is CCOc1ccc(-c2cc3c(cc2Cl)NC(=O)C3=C(O)c2cc(C)no2)cc1. The lowest BCUT2D eigenvalue weighted by atomic mass is 9.98. The molecule has 0 radical (unpaired) electrons. The zero-order valence-corrected chi connectivity index (χ0v) is 16.0. The fourth-order valence-corrected chi connectivity index (χ4v) is 3.42. The number of aliphatic hydroxyl groups is 1. The van der Waals surface area contributed by atoms with Crippen LogP contribution in [0.3, 0.4) is 0 Å². The maximum absolute atomic E-state index is 12.5. The highest BCUT2D eigenvalue weighted by molar-refractivity contribution is 6.38. The molecule has 2 N–H and O–H groups in total. The molecule has 0 fully saturated rings. The molecule has 7 heteroatoms. The number of amides is 1. The minimum absolute atomic E-state index is 0.120. The third-order valence-corrected chi connectivity index (χ3v) is 4.74. The number of fused-ring (bicyclic) bond motifs is 1. The lowest BCUT2D eigenvalue weighted by Gasteiger charge is -2.10. The molecule has 142 valence electrons. The lowest BCUT2D eigenvalue weighted by Crippen LogP contribution is -2.05. The normalized spacial score (nSPS) is 14.6. The first-order valence-corrected chi connectivity index (χ1v) is 9.11. The van der Waals surface area contributed by atoms with Crippen molar-refractivity contribution in [3.05, 3.63) is 64.5 Å². The summed E-state index contributed by atoms with van der Waals surface area (Å²) in [5.41, 5.74) is 3.40. The Kier molecular flexibility index (Phi) is 4.57. The molecule has 3 aromatic rings. The molecule has 1 amide bonds. The molecule has 1 aliphatic heterocycles. The lowest BCUT2D eigenvalue weighted by molar-refractivity contribution is -0.110. The molecule has 28 heavy (non-hydrogen) atoms. The van der Waals surface area contributed by atoms with Crippen molar-refractivity contribution < 1.29 is 19.2 Å². The van der Waals surface area contributed by atoms with E-state index in [2.05, 4.69) is 10.5 Å². The van der Waals surface area contributed by atoms with Gasteiger partial charge in [0.2, 0.25) is 5.76 Å². The number of rotatable bonds is 4. The van der Waals surface area contributed by atoms with Crippen LogP contribution in [0.25, 0.3) is 22.5 Å². The standard InChI is InChI=1S/C21H17ClN2O4/c1-3-27-13-6-4-12(5-7-13)14-9-15-17(10-16(14)22)23-21(26)19(15)20(25)18-8-11(2)24-28-18/h4-10,25H,3H2,1-2H3,(H,23,26). The summed E-state index contributed by atoms with van der Waals surface area (Å²) in [6.45, 7) is 4.24. The number of carbonyl (C=O) groups excluding carboxylic acids is 1. The third kappa shape index (κ3) is 3.12. The van der Waals surface area contributed by atoms with Gasteiger partial charge in [0.05, 0.1) is 28.6 Å². The zero-order valence-electron chi connectivity index (χ0n) is 15.2. The Hall–Kier alpha value is -3.25. The maximum atomic E-state index is 12.5. The Balaban J connectivity index is 1.82. The molecule has 1 aromatic heterocycles. The minimum atomic E-state index is -0.429. The highest BCUT2D eigenvalue weighted by Gasteiger charge is 2.31. The van der Waals surface area contributed by atoms with E-state index in [0.717, 1.165) is 16.9 Å². The van der Waals surface area contributed by atoms with Gasteiger partial charge in [-0.25, -0.2) is 0 Å². The number of anilines is 1. The van der Waals surface area contributed by atoms with Crippen molar-refractivity contribution in [3.8, 4) is 16.9 Å². The van der Waals surface area contributed by atoms with Crippen molar-refractivity contribution in [2.45, 2.75) is 13.8 Å². The summed E-state index contributed by atoms with van der Waals surface area (Å²) in [5, 5.41) is 17.6. The van der Waals surface area contributed by atoms with Crippen LogP contribution in [0.5, 0.6) is 5.75 Å². The Morgan fingerprint density at radius 1 is 1.21 bits per heavy atom. The van der Waals surface area contributed by atoms with Crippen LogP contribution in [0.2, 0.25) is 5.02 Å². The summed E-state index contributed by atoms with van der Waals surface area (Å²) in [6.07, 6.45) is 0. The Bertz CT molecular complexity index is 1100. The molecule has 2 heterocycles. The quantitative estimate of drug-likeness (QED) is 0.474. The average Bonchev–Trinajstić information content (AvgIpc) is 3.24. The van der Waals surface area contributed by atoms with E-state index in [1.807, 2.05) is 31.2 Å². The first-order chi connectivity index (χ1) is 13.5. The van der Waals surface area contributed by atoms with Gasteiger partial charge in [-0.15, -0.1) is 0 Å². The third-order valence-electron chi connectivity index (χ3n) is 4.43. The molecule has 6 nitrogen and oxygen atoms in total. The monoisotopic (exact) mass is 396 g/mol. The number of nitrogens with zero attached hydrogens (tertiary/aromatic N) is 1. The van der Waals surface area contributed by atoms with Crippen LogP contribution >= 0.6 is 11.6 Å². The van der Waals surface area contributed by atoms with E-state index in [1.165, 1.54) is 0 Å². The highest BCUT2D eigenvalue weighted by Crippen LogP contribution is 2.42. The molecule has 0 saturated carbocycles. The van der Waals surface area contributed by atoms with Gasteiger partial charge >= 0.3 is 0 Å². The summed E-state index contributed by atoms with van der Waals surface area (Å²) in [6, 6.07) is 12.5. The molecule has 0 spiro atoms. The number of benzene rings is 2. The number of aliphatic hydroxyl groups excluding tert-OH is 1. The molecule has 0 unspecified atom stereocenters. The summed E-state index contributed by atoms with van der Waals surface area (Å²) >= 11 is 6.45. The Morgan fingerprint density at radius 2 is 1.96 bits per heavy atom. The number of aromatic nitrogens is 1. The predicted molar refractivity (Wildman–Crippen MR) is 107 cm³/mol. The molecule has 0 saturated heterocycles. The first-order valence-electron chi connectivity index (χ1n) is 8.73. The Labute approximate surface area is 166 Å². The number of nitrogens with one attached hydrogen (secondary N) is 1. The number of ether oxygens (including phenoxy) is 1. The van der Waals surface area contributed by atoms with E-state index < -0.39 is 5.91 Å². The number of aryl methyl sites for hydroxylation is 1. The van der Waals surface area contributed by atoms with Crippen LogP contribution in [0.4, 0.5) is 5.69 Å². The van der Waals surface area contributed by atoms with Gasteiger partial charge in [-0.1, -0.05) is 28.9 Å². The molecule has 2 aromatic carbocycles. The van der Waals surface area contributed by atoms with Gasteiger partial charge in [0.25, 0.3) is 5.91 Å². The second-order valence-corrected chi connectivity index (χ2v) is 6.75. The minimum Gasteiger partial charge on any atom is -0.504 e. The van der Waals surface area contributed by atoms with Crippen LogP contribution in [0.1, 0.15) is 23.9 Å². The fourth-order valence-electron chi connectivity index (χ4n) is 3.14. The van der Waals surface area contributed by atoms with Gasteiger partial charge in [0.15, 0.2) is 5.76 Å². The predicted octanol–water partition coefficient (Wildman–Crippen LogP) is 5.08. The molecule has 1 aliphatic rings. The van der Waals surface area contributed by atoms with Gasteiger partial charge in [-0.3, -0.25) is 4.79 Å². The highest BCUT2D eigenvalue weighted by atomic mass is 35.5. The van der Waals surface area contributed by atoms with Crippen molar-refractivity contribution in [2.75, 3.05) is 11.9 Å². The summed E-state index contributed by atoms with van der Waals surface area (Å²) in [5.74, 6) is 0.200. The summed E-state index contributed by atoms with van der Waals surface area (Å²) in [4.78, 5) is 12.5. The van der Waals surface area contributed by atoms with Crippen molar-refractivity contribution in [1.29, 1.82) is 0 Å². The number of carbonyl (C=O) groups is 1. The smallest absolute Gasteiger partial charge is 0.260 e. The fraction of sp³-hybridized carbons (Fsp3) is 0.143. The van der Waals surface area contributed by atoms with E-state index in [4.69, 9.17) is 20.9 Å². The molecule has 0 atom stereocenters. The maximum Gasteiger partial charge on any atom is 0.260 e. The molecule has 0 aliphatic carbocycles. The van der Waals surface area contributed by atoms with Crippen molar-refractivity contribution in [2.24, 2.45) is 0 Å². The van der Waals surface area contributed by atoms with E-state index in [1.54, 1.807) is 25.1 Å². The van der Waals surface area contributed by atoms with Gasteiger partial charge in [-0.05, 0) is 43.7 Å². The van der Waals surface area contributed by atoms with E-state index in [-0.39, 0.29) is 17.1 Å². The number of halogens is 1. The van der Waals surface area contributed by atoms with Gasteiger partial charge in [0, 0.05) is 17.2 Å². The number of hydrogen-bond donors (Lipinski definition) is 2. The number of hydrogen-bond acceptors (Lipinski definition) is 5. The van der Waals surface area contributed by atoms with Gasteiger partial charge in [-0.2, -0.15) is 0 Å². The van der Waals surface area contributed by atoms with Crippen LogP contribution in [-0.2, 0) is 4.79 Å². The summed E-state index contributed by atoms with van der Waals surface area (Å²) in [7, 11) is 0. The van der Waals surface area contributed by atoms with Crippen molar-refractivity contribution in [3.63, 3.8) is 0 Å². The van der Waals surface area contributed by atoms with Gasteiger partial charge < -0.3 is 19.7 Å². The van der Waals surface area contributed by atoms with E-state index in [9.17, 15) is 9.90 Å². The average molecular weight is 397 g/mol. The second kappa shape index (κ2) is 7.05. The molecular weight excluding hydrogens is 380 g/mol. The molecule has 4 rings (SSSR count). The van der Waals surface area contributed by atoms with E-state index >= 15 is 0 Å². The second-order valence-electron chi connectivity index (χ2n) is 6.35. The summed E-state index contributed by atoms with van der Waals surface area (Å²) < 4.78 is 10.6. The molecule has 0 bridgehead atoms. The van der Waals surface area contributed by atoms with Crippen LogP contribution in [-0.4, -0.2) is 22.8 Å². The largest absolute Gasteiger partial charge is 0.504 e. The van der Waals surface area contributed by atoms with Crippen molar-refractivity contribution in [1.82, 2.24) is 5.16 Å². The Morgan fingerprint density at radius 3 is 2.61 bits per heavy atom. The van der Waals surface area contributed by atoms with Gasteiger partial charge in [0.1, 0.15) is 5.75 Å². The molecular formula is C21H17ClN2O4. The zero-order chi connectivity index (χ0) is 19.8. The van der Waals surface area contributed by atoms with Crippen LogP contribution in [0.15, 0.2) is 47.0 Å². The topological polar surface area (TPSA) is 84.6 Å². The van der Waals surface area contributed by atoms with Crippen molar-refractivity contribution >= 4 is 34.5 Å². The van der Waals surface area contributed by atoms with E-state index in [0.29, 0.717) is 28.6 Å². The van der Waals surface area contributed by atoms with Crippen LogP contribution in [0, 0.1) is 6.92 Å². The first kappa shape index (κ1) is 18.1.